The first-order valence-electron chi connectivity index (χ1n) is 6.81. The molecule has 1 aromatic carbocycles. The molecular formula is C15H18N4O. The zero-order valence-corrected chi connectivity index (χ0v) is 11.5. The summed E-state index contributed by atoms with van der Waals surface area (Å²) < 4.78 is 0. The van der Waals surface area contributed by atoms with Crippen LogP contribution in [-0.4, -0.2) is 47.2 Å². The molecule has 3 rings (SSSR count). The number of hydrogen-bond acceptors (Lipinski definition) is 3. The van der Waals surface area contributed by atoms with E-state index in [-0.39, 0.29) is 11.9 Å². The Morgan fingerprint density at radius 3 is 2.75 bits per heavy atom. The third-order valence-corrected chi connectivity index (χ3v) is 3.71. The van der Waals surface area contributed by atoms with E-state index < -0.39 is 0 Å². The standard InChI is InChI=1S/C15H18N4O/c1-19-7-6-14(10-19)18-15(20)12-4-2-11(3-5-12)13-8-16-17-9-13/h2-5,8-9,14H,6-7,10H2,1H3,(H,16,17)(H,18,20). The lowest BCUT2D eigenvalue weighted by molar-refractivity contribution is 0.0938. The monoisotopic (exact) mass is 270 g/mol. The van der Waals surface area contributed by atoms with Crippen LogP contribution in [0.3, 0.4) is 0 Å². The molecule has 5 heteroatoms. The number of aromatic amines is 1. The lowest BCUT2D eigenvalue weighted by Gasteiger charge is -2.13. The van der Waals surface area contributed by atoms with Gasteiger partial charge < -0.3 is 10.2 Å². The van der Waals surface area contributed by atoms with Gasteiger partial charge in [-0.05, 0) is 37.7 Å². The van der Waals surface area contributed by atoms with E-state index in [4.69, 9.17) is 0 Å². The Hall–Kier alpha value is -2.14. The Morgan fingerprint density at radius 1 is 1.35 bits per heavy atom. The second kappa shape index (κ2) is 5.46. The highest BCUT2D eigenvalue weighted by molar-refractivity contribution is 5.94. The van der Waals surface area contributed by atoms with E-state index >= 15 is 0 Å². The Bertz CT molecular complexity index is 576. The van der Waals surface area contributed by atoms with Crippen LogP contribution in [0.15, 0.2) is 36.7 Å². The largest absolute Gasteiger partial charge is 0.348 e. The van der Waals surface area contributed by atoms with Crippen molar-refractivity contribution in [2.24, 2.45) is 0 Å². The normalized spacial score (nSPS) is 19.1. The average molecular weight is 270 g/mol. The average Bonchev–Trinajstić information content (AvgIpc) is 3.11. The van der Waals surface area contributed by atoms with Crippen molar-refractivity contribution in [3.05, 3.63) is 42.2 Å². The fraction of sp³-hybridized carbons (Fsp3) is 0.333. The first-order chi connectivity index (χ1) is 9.72. The van der Waals surface area contributed by atoms with Gasteiger partial charge in [0.05, 0.1) is 6.20 Å². The van der Waals surface area contributed by atoms with Gasteiger partial charge in [0, 0.05) is 29.9 Å². The summed E-state index contributed by atoms with van der Waals surface area (Å²) in [5.41, 5.74) is 2.78. The van der Waals surface area contributed by atoms with E-state index in [1.807, 2.05) is 30.5 Å². The molecule has 20 heavy (non-hydrogen) atoms. The Kier molecular flexibility index (Phi) is 3.52. The summed E-state index contributed by atoms with van der Waals surface area (Å²) in [6, 6.07) is 7.87. The molecule has 1 fully saturated rings. The molecule has 1 amide bonds. The third kappa shape index (κ3) is 2.72. The van der Waals surface area contributed by atoms with Crippen LogP contribution in [0.4, 0.5) is 0 Å². The SMILES string of the molecule is CN1CCC(NC(=O)c2ccc(-c3cn[nH]c3)cc2)C1. The van der Waals surface area contributed by atoms with E-state index in [1.165, 1.54) is 0 Å². The predicted octanol–water partition coefficient (Wildman–Crippen LogP) is 1.51. The van der Waals surface area contributed by atoms with Crippen molar-refractivity contribution in [2.45, 2.75) is 12.5 Å². The smallest absolute Gasteiger partial charge is 0.251 e. The molecule has 2 heterocycles. The predicted molar refractivity (Wildman–Crippen MR) is 77.4 cm³/mol. The van der Waals surface area contributed by atoms with Crippen LogP contribution in [-0.2, 0) is 0 Å². The number of likely N-dealkylation sites (N-methyl/N-ethyl adjacent to an activating group) is 1. The van der Waals surface area contributed by atoms with Crippen molar-refractivity contribution in [3.63, 3.8) is 0 Å². The number of likely N-dealkylation sites (tertiary alicyclic amines) is 1. The molecule has 5 nitrogen and oxygen atoms in total. The van der Waals surface area contributed by atoms with Gasteiger partial charge >= 0.3 is 0 Å². The molecule has 1 saturated heterocycles. The number of hydrogen-bond donors (Lipinski definition) is 2. The molecule has 2 aromatic rings. The zero-order valence-electron chi connectivity index (χ0n) is 11.5. The van der Waals surface area contributed by atoms with Crippen molar-refractivity contribution in [1.29, 1.82) is 0 Å². The zero-order chi connectivity index (χ0) is 13.9. The maximum atomic E-state index is 12.2. The molecule has 1 aromatic heterocycles. The Morgan fingerprint density at radius 2 is 2.15 bits per heavy atom. The molecule has 1 unspecified atom stereocenters. The fourth-order valence-corrected chi connectivity index (χ4v) is 2.54. The van der Waals surface area contributed by atoms with Crippen molar-refractivity contribution in [3.8, 4) is 11.1 Å². The highest BCUT2D eigenvalue weighted by atomic mass is 16.1. The second-order valence-corrected chi connectivity index (χ2v) is 5.29. The van der Waals surface area contributed by atoms with Gasteiger partial charge in [-0.25, -0.2) is 0 Å². The molecule has 0 radical (unpaired) electrons. The fourth-order valence-electron chi connectivity index (χ4n) is 2.54. The van der Waals surface area contributed by atoms with Gasteiger partial charge in [0.15, 0.2) is 0 Å². The number of amides is 1. The summed E-state index contributed by atoms with van der Waals surface area (Å²) in [6.45, 7) is 1.98. The maximum absolute atomic E-state index is 12.2. The first kappa shape index (κ1) is 12.9. The summed E-state index contributed by atoms with van der Waals surface area (Å²) in [5.74, 6) is 0.00374. The Balaban J connectivity index is 1.66. The van der Waals surface area contributed by atoms with Gasteiger partial charge in [0.1, 0.15) is 0 Å². The number of carbonyl (C=O) groups is 1. The van der Waals surface area contributed by atoms with Crippen LogP contribution in [0.25, 0.3) is 11.1 Å². The lowest BCUT2D eigenvalue weighted by Crippen LogP contribution is -2.36. The number of rotatable bonds is 3. The van der Waals surface area contributed by atoms with E-state index in [1.54, 1.807) is 6.20 Å². The highest BCUT2D eigenvalue weighted by Crippen LogP contribution is 2.18. The molecule has 104 valence electrons. The molecule has 0 spiro atoms. The molecule has 2 N–H and O–H groups in total. The molecule has 1 aliphatic rings. The van der Waals surface area contributed by atoms with E-state index in [9.17, 15) is 4.79 Å². The van der Waals surface area contributed by atoms with Crippen LogP contribution in [0.5, 0.6) is 0 Å². The van der Waals surface area contributed by atoms with E-state index in [0.717, 1.165) is 30.6 Å². The van der Waals surface area contributed by atoms with Crippen molar-refractivity contribution in [2.75, 3.05) is 20.1 Å². The number of nitrogens with zero attached hydrogens (tertiary/aromatic N) is 2. The van der Waals surface area contributed by atoms with Crippen LogP contribution >= 0.6 is 0 Å². The molecule has 1 aliphatic heterocycles. The first-order valence-corrected chi connectivity index (χ1v) is 6.81. The van der Waals surface area contributed by atoms with Crippen molar-refractivity contribution >= 4 is 5.91 Å². The number of nitrogens with one attached hydrogen (secondary N) is 2. The molecule has 0 saturated carbocycles. The van der Waals surface area contributed by atoms with E-state index in [0.29, 0.717) is 5.56 Å². The summed E-state index contributed by atoms with van der Waals surface area (Å²) in [6.07, 6.45) is 4.63. The van der Waals surface area contributed by atoms with Crippen LogP contribution < -0.4 is 5.32 Å². The van der Waals surface area contributed by atoms with Crippen molar-refractivity contribution < 1.29 is 4.79 Å². The van der Waals surface area contributed by atoms with E-state index in [2.05, 4.69) is 27.5 Å². The number of H-pyrrole nitrogens is 1. The minimum Gasteiger partial charge on any atom is -0.348 e. The minimum atomic E-state index is 0.00374. The molecular weight excluding hydrogens is 252 g/mol. The number of carbonyl (C=O) groups excluding carboxylic acids is 1. The van der Waals surface area contributed by atoms with Gasteiger partial charge in [-0.3, -0.25) is 9.89 Å². The third-order valence-electron chi connectivity index (χ3n) is 3.71. The topological polar surface area (TPSA) is 61.0 Å². The quantitative estimate of drug-likeness (QED) is 0.888. The molecule has 1 atom stereocenters. The van der Waals surface area contributed by atoms with Crippen LogP contribution in [0.2, 0.25) is 0 Å². The van der Waals surface area contributed by atoms with Gasteiger partial charge in [0.25, 0.3) is 5.91 Å². The lowest BCUT2D eigenvalue weighted by atomic mass is 10.1. The summed E-state index contributed by atoms with van der Waals surface area (Å²) in [5, 5.41) is 9.79. The maximum Gasteiger partial charge on any atom is 0.251 e. The van der Waals surface area contributed by atoms with Crippen LogP contribution in [0, 0.1) is 0 Å². The summed E-state index contributed by atoms with van der Waals surface area (Å²) in [7, 11) is 2.08. The minimum absolute atomic E-state index is 0.00374. The number of aromatic nitrogens is 2. The highest BCUT2D eigenvalue weighted by Gasteiger charge is 2.21. The van der Waals surface area contributed by atoms with Crippen LogP contribution in [0.1, 0.15) is 16.8 Å². The van der Waals surface area contributed by atoms with Crippen molar-refractivity contribution in [1.82, 2.24) is 20.4 Å². The number of benzene rings is 1. The van der Waals surface area contributed by atoms with Gasteiger partial charge in [0.2, 0.25) is 0 Å². The summed E-state index contributed by atoms with van der Waals surface area (Å²) in [4.78, 5) is 14.4. The van der Waals surface area contributed by atoms with Gasteiger partial charge in [-0.2, -0.15) is 5.10 Å². The molecule has 0 bridgehead atoms. The summed E-state index contributed by atoms with van der Waals surface area (Å²) >= 11 is 0. The second-order valence-electron chi connectivity index (χ2n) is 5.29. The Labute approximate surface area is 118 Å². The van der Waals surface area contributed by atoms with Gasteiger partial charge in [-0.1, -0.05) is 12.1 Å². The van der Waals surface area contributed by atoms with Gasteiger partial charge in [-0.15, -0.1) is 0 Å². The molecule has 0 aliphatic carbocycles.